The van der Waals surface area contributed by atoms with Crippen LogP contribution in [0.25, 0.3) is 11.0 Å². The van der Waals surface area contributed by atoms with Gasteiger partial charge in [0.1, 0.15) is 12.1 Å². The minimum absolute atomic E-state index is 0.00309. The molecular weight excluding hydrogens is 378 g/mol. The molecule has 7 nitrogen and oxygen atoms in total. The summed E-state index contributed by atoms with van der Waals surface area (Å²) < 4.78 is 1.53. The topological polar surface area (TPSA) is 88.9 Å². The van der Waals surface area contributed by atoms with Crippen molar-refractivity contribution in [2.45, 2.75) is 19.5 Å². The second-order valence-electron chi connectivity index (χ2n) is 6.94. The van der Waals surface area contributed by atoms with Crippen LogP contribution >= 0.6 is 0 Å². The molecule has 0 radical (unpaired) electrons. The van der Waals surface area contributed by atoms with Gasteiger partial charge in [-0.1, -0.05) is 59.8 Å². The molecule has 0 saturated heterocycles. The number of anilines is 1. The zero-order chi connectivity index (χ0) is 20.9. The number of fused-ring (bicyclic) bond motifs is 1. The molecule has 3 aromatic carbocycles. The number of carbonyl (C=O) groups is 2. The van der Waals surface area contributed by atoms with Gasteiger partial charge in [0, 0.05) is 0 Å². The Morgan fingerprint density at radius 3 is 2.47 bits per heavy atom. The van der Waals surface area contributed by atoms with Crippen molar-refractivity contribution in [1.29, 1.82) is 0 Å². The second kappa shape index (κ2) is 8.57. The van der Waals surface area contributed by atoms with Crippen molar-refractivity contribution in [3.63, 3.8) is 0 Å². The second-order valence-corrected chi connectivity index (χ2v) is 6.94. The number of hydrogen-bond donors (Lipinski definition) is 2. The van der Waals surface area contributed by atoms with Gasteiger partial charge < -0.3 is 10.6 Å². The molecule has 1 atom stereocenters. The predicted octanol–water partition coefficient (Wildman–Crippen LogP) is 3.56. The van der Waals surface area contributed by atoms with E-state index < -0.39 is 0 Å². The molecule has 150 valence electrons. The van der Waals surface area contributed by atoms with Crippen LogP contribution in [0.3, 0.4) is 0 Å². The van der Waals surface area contributed by atoms with Gasteiger partial charge >= 0.3 is 0 Å². The van der Waals surface area contributed by atoms with E-state index in [1.165, 1.54) is 4.68 Å². The summed E-state index contributed by atoms with van der Waals surface area (Å²) in [6.45, 7) is 1.92. The molecule has 4 rings (SSSR count). The number of rotatable bonds is 6. The molecule has 0 spiro atoms. The number of nitrogens with zero attached hydrogens (tertiary/aromatic N) is 3. The van der Waals surface area contributed by atoms with E-state index in [4.69, 9.17) is 0 Å². The highest BCUT2D eigenvalue weighted by atomic mass is 16.2. The van der Waals surface area contributed by atoms with Crippen molar-refractivity contribution >= 4 is 28.5 Å². The Hall–Kier alpha value is -4.00. The van der Waals surface area contributed by atoms with Crippen molar-refractivity contribution < 1.29 is 9.59 Å². The first kappa shape index (κ1) is 19.3. The summed E-state index contributed by atoms with van der Waals surface area (Å²) >= 11 is 0. The lowest BCUT2D eigenvalue weighted by atomic mass is 10.1. The Morgan fingerprint density at radius 1 is 0.933 bits per heavy atom. The van der Waals surface area contributed by atoms with Crippen LogP contribution in [0, 0.1) is 0 Å². The standard InChI is InChI=1S/C23H21N5O2/c1-16(17-9-3-2-4-10-17)24-23(30)18-11-5-6-12-19(18)25-22(29)15-28-21-14-8-7-13-20(21)26-27-28/h2-14,16H,15H2,1H3,(H,24,30)(H,25,29). The zero-order valence-corrected chi connectivity index (χ0v) is 16.4. The molecule has 0 bridgehead atoms. The molecule has 1 heterocycles. The van der Waals surface area contributed by atoms with Gasteiger partial charge in [0.25, 0.3) is 5.91 Å². The molecule has 7 heteroatoms. The summed E-state index contributed by atoms with van der Waals surface area (Å²) in [5.74, 6) is -0.546. The highest BCUT2D eigenvalue weighted by Gasteiger charge is 2.16. The molecule has 4 aromatic rings. The molecule has 0 saturated carbocycles. The van der Waals surface area contributed by atoms with Gasteiger partial charge in [0.05, 0.1) is 22.8 Å². The molecule has 1 aromatic heterocycles. The van der Waals surface area contributed by atoms with E-state index in [1.807, 2.05) is 61.5 Å². The average molecular weight is 399 g/mol. The Balaban J connectivity index is 1.47. The van der Waals surface area contributed by atoms with Gasteiger partial charge in [-0.25, -0.2) is 4.68 Å². The monoisotopic (exact) mass is 399 g/mol. The first-order chi connectivity index (χ1) is 14.6. The van der Waals surface area contributed by atoms with Gasteiger partial charge in [-0.3, -0.25) is 9.59 Å². The summed E-state index contributed by atoms with van der Waals surface area (Å²) in [6.07, 6.45) is 0. The Labute approximate surface area is 173 Å². The van der Waals surface area contributed by atoms with Crippen molar-refractivity contribution in [3.05, 3.63) is 90.0 Å². The van der Waals surface area contributed by atoms with Crippen molar-refractivity contribution in [1.82, 2.24) is 20.3 Å². The quantitative estimate of drug-likeness (QED) is 0.519. The smallest absolute Gasteiger partial charge is 0.253 e. The summed E-state index contributed by atoms with van der Waals surface area (Å²) in [7, 11) is 0. The molecular formula is C23H21N5O2. The van der Waals surface area contributed by atoms with E-state index in [0.29, 0.717) is 11.3 Å². The molecule has 0 fully saturated rings. The van der Waals surface area contributed by atoms with Gasteiger partial charge in [-0.05, 0) is 36.8 Å². The van der Waals surface area contributed by atoms with Crippen LogP contribution in [0.4, 0.5) is 5.69 Å². The van der Waals surface area contributed by atoms with Crippen LogP contribution in [0.2, 0.25) is 0 Å². The van der Waals surface area contributed by atoms with E-state index >= 15 is 0 Å². The number of aromatic nitrogens is 3. The molecule has 0 aliphatic rings. The Kier molecular flexibility index (Phi) is 5.52. The largest absolute Gasteiger partial charge is 0.345 e. The fourth-order valence-electron chi connectivity index (χ4n) is 3.25. The summed E-state index contributed by atoms with van der Waals surface area (Å²) in [5.41, 5.74) is 3.35. The number of amides is 2. The van der Waals surface area contributed by atoms with Gasteiger partial charge in [-0.15, -0.1) is 5.10 Å². The summed E-state index contributed by atoms with van der Waals surface area (Å²) in [4.78, 5) is 25.4. The maximum absolute atomic E-state index is 12.8. The van der Waals surface area contributed by atoms with E-state index in [2.05, 4.69) is 20.9 Å². The minimum Gasteiger partial charge on any atom is -0.345 e. The average Bonchev–Trinajstić information content (AvgIpc) is 3.17. The van der Waals surface area contributed by atoms with Crippen molar-refractivity contribution in [2.75, 3.05) is 5.32 Å². The summed E-state index contributed by atoms with van der Waals surface area (Å²) in [6, 6.07) is 23.9. The molecule has 30 heavy (non-hydrogen) atoms. The third-order valence-electron chi connectivity index (χ3n) is 4.81. The van der Waals surface area contributed by atoms with Crippen molar-refractivity contribution in [2.24, 2.45) is 0 Å². The molecule has 2 amide bonds. The van der Waals surface area contributed by atoms with Crippen LogP contribution < -0.4 is 10.6 Å². The minimum atomic E-state index is -0.290. The fraction of sp³-hybridized carbons (Fsp3) is 0.130. The molecule has 0 aliphatic heterocycles. The summed E-state index contributed by atoms with van der Waals surface area (Å²) in [5, 5.41) is 13.9. The van der Waals surface area contributed by atoms with Crippen LogP contribution in [0.5, 0.6) is 0 Å². The van der Waals surface area contributed by atoms with E-state index in [1.54, 1.807) is 24.3 Å². The first-order valence-corrected chi connectivity index (χ1v) is 9.65. The lowest BCUT2D eigenvalue weighted by Gasteiger charge is -2.16. The number of carbonyl (C=O) groups excluding carboxylic acids is 2. The normalized spacial score (nSPS) is 11.8. The Morgan fingerprint density at radius 2 is 1.63 bits per heavy atom. The molecule has 2 N–H and O–H groups in total. The number of nitrogens with one attached hydrogen (secondary N) is 2. The third kappa shape index (κ3) is 4.20. The van der Waals surface area contributed by atoms with Gasteiger partial charge in [0.2, 0.25) is 5.91 Å². The Bertz CT molecular complexity index is 1190. The van der Waals surface area contributed by atoms with Gasteiger partial charge in [-0.2, -0.15) is 0 Å². The highest BCUT2D eigenvalue weighted by molar-refractivity contribution is 6.04. The maximum atomic E-state index is 12.8. The molecule has 1 unspecified atom stereocenters. The zero-order valence-electron chi connectivity index (χ0n) is 16.4. The van der Waals surface area contributed by atoms with Crippen LogP contribution in [0.1, 0.15) is 28.9 Å². The highest BCUT2D eigenvalue weighted by Crippen LogP contribution is 2.18. The lowest BCUT2D eigenvalue weighted by Crippen LogP contribution is -2.28. The van der Waals surface area contributed by atoms with Crippen molar-refractivity contribution in [3.8, 4) is 0 Å². The van der Waals surface area contributed by atoms with Crippen LogP contribution in [0.15, 0.2) is 78.9 Å². The van der Waals surface area contributed by atoms with Crippen LogP contribution in [-0.2, 0) is 11.3 Å². The van der Waals surface area contributed by atoms with Gasteiger partial charge in [0.15, 0.2) is 0 Å². The number of hydrogen-bond acceptors (Lipinski definition) is 4. The number of benzene rings is 3. The third-order valence-corrected chi connectivity index (χ3v) is 4.81. The predicted molar refractivity (Wildman–Crippen MR) is 115 cm³/mol. The SMILES string of the molecule is CC(NC(=O)c1ccccc1NC(=O)Cn1nnc2ccccc21)c1ccccc1. The number of para-hydroxylation sites is 2. The molecule has 0 aliphatic carbocycles. The fourth-order valence-corrected chi connectivity index (χ4v) is 3.25. The van der Waals surface area contributed by atoms with E-state index in [-0.39, 0.29) is 24.4 Å². The van der Waals surface area contributed by atoms with E-state index in [9.17, 15) is 9.59 Å². The lowest BCUT2D eigenvalue weighted by molar-refractivity contribution is -0.116. The maximum Gasteiger partial charge on any atom is 0.253 e. The van der Waals surface area contributed by atoms with Crippen LogP contribution in [-0.4, -0.2) is 26.8 Å². The van der Waals surface area contributed by atoms with E-state index in [0.717, 1.165) is 16.6 Å². The first-order valence-electron chi connectivity index (χ1n) is 9.65.